The summed E-state index contributed by atoms with van der Waals surface area (Å²) in [5.41, 5.74) is -0.337. The molecule has 7 heteroatoms. The van der Waals surface area contributed by atoms with Crippen LogP contribution in [0.2, 0.25) is 0 Å². The van der Waals surface area contributed by atoms with E-state index < -0.39 is 23.6 Å². The first kappa shape index (κ1) is 16.7. The third kappa shape index (κ3) is 5.77. The molecule has 114 valence electrons. The van der Waals surface area contributed by atoms with E-state index in [0.717, 1.165) is 6.07 Å². The van der Waals surface area contributed by atoms with Gasteiger partial charge in [-0.05, 0) is 6.92 Å². The molecule has 0 aliphatic carbocycles. The van der Waals surface area contributed by atoms with Crippen molar-refractivity contribution in [1.82, 2.24) is 0 Å². The molecule has 0 aliphatic heterocycles. The van der Waals surface area contributed by atoms with Crippen LogP contribution in [0, 0.1) is 17.5 Å². The maximum atomic E-state index is 13.3. The van der Waals surface area contributed by atoms with Crippen LogP contribution in [-0.2, 0) is 9.47 Å². The van der Waals surface area contributed by atoms with Gasteiger partial charge in [-0.15, -0.1) is 0 Å². The molecule has 20 heavy (non-hydrogen) atoms. The molecule has 0 amide bonds. The quantitative estimate of drug-likeness (QED) is 0.539. The van der Waals surface area contributed by atoms with Gasteiger partial charge in [-0.25, -0.2) is 13.2 Å². The van der Waals surface area contributed by atoms with E-state index in [4.69, 9.17) is 9.47 Å². The highest BCUT2D eigenvalue weighted by atomic mass is 19.2. The normalized spacial score (nSPS) is 12.4. The molecule has 4 nitrogen and oxygen atoms in total. The Bertz CT molecular complexity index is 418. The lowest BCUT2D eigenvalue weighted by molar-refractivity contribution is 0.0103. The summed E-state index contributed by atoms with van der Waals surface area (Å²) in [6.45, 7) is 3.10. The van der Waals surface area contributed by atoms with Gasteiger partial charge in [0.05, 0.1) is 31.6 Å². The first-order valence-electron chi connectivity index (χ1n) is 6.26. The van der Waals surface area contributed by atoms with Crippen molar-refractivity contribution in [3.8, 4) is 0 Å². The van der Waals surface area contributed by atoms with Crippen molar-refractivity contribution in [3.63, 3.8) is 0 Å². The van der Waals surface area contributed by atoms with Gasteiger partial charge in [0.2, 0.25) is 0 Å². The van der Waals surface area contributed by atoms with E-state index in [1.54, 1.807) is 0 Å². The molecule has 0 saturated carbocycles. The number of nitrogens with one attached hydrogen (secondary N) is 1. The first-order chi connectivity index (χ1) is 9.54. The molecule has 1 rings (SSSR count). The summed E-state index contributed by atoms with van der Waals surface area (Å²) in [5, 5.41) is 12.0. The van der Waals surface area contributed by atoms with Crippen LogP contribution < -0.4 is 5.32 Å². The minimum absolute atomic E-state index is 0.0134. The summed E-state index contributed by atoms with van der Waals surface area (Å²) in [6.07, 6.45) is -0.928. The topological polar surface area (TPSA) is 50.7 Å². The van der Waals surface area contributed by atoms with Crippen LogP contribution in [0.4, 0.5) is 18.9 Å². The summed E-state index contributed by atoms with van der Waals surface area (Å²) in [5.74, 6) is -3.36. The molecular weight excluding hydrogens is 275 g/mol. The minimum atomic E-state index is -1.28. The molecule has 0 spiro atoms. The highest BCUT2D eigenvalue weighted by Gasteiger charge is 2.12. The van der Waals surface area contributed by atoms with Crippen LogP contribution in [-0.4, -0.2) is 44.2 Å². The fourth-order valence-electron chi connectivity index (χ4n) is 1.45. The predicted molar refractivity (Wildman–Crippen MR) is 68.1 cm³/mol. The zero-order chi connectivity index (χ0) is 15.0. The largest absolute Gasteiger partial charge is 0.389 e. The van der Waals surface area contributed by atoms with Crippen molar-refractivity contribution in [2.75, 3.05) is 38.3 Å². The number of hydrogen-bond donors (Lipinski definition) is 2. The fourth-order valence-corrected chi connectivity index (χ4v) is 1.45. The van der Waals surface area contributed by atoms with E-state index in [9.17, 15) is 18.3 Å². The maximum Gasteiger partial charge on any atom is 0.182 e. The average Bonchev–Trinajstić information content (AvgIpc) is 2.41. The Morgan fingerprint density at radius 1 is 1.20 bits per heavy atom. The van der Waals surface area contributed by atoms with Crippen LogP contribution in [0.1, 0.15) is 6.92 Å². The number of rotatable bonds is 9. The number of anilines is 1. The van der Waals surface area contributed by atoms with Crippen molar-refractivity contribution < 1.29 is 27.8 Å². The Hall–Kier alpha value is -1.31. The van der Waals surface area contributed by atoms with E-state index in [-0.39, 0.29) is 18.8 Å². The molecule has 0 bridgehead atoms. The van der Waals surface area contributed by atoms with Crippen molar-refractivity contribution in [1.29, 1.82) is 0 Å². The first-order valence-corrected chi connectivity index (χ1v) is 6.26. The van der Waals surface area contributed by atoms with Gasteiger partial charge in [0, 0.05) is 25.3 Å². The van der Waals surface area contributed by atoms with Gasteiger partial charge >= 0.3 is 0 Å². The van der Waals surface area contributed by atoms with E-state index in [1.165, 1.54) is 0 Å². The summed E-state index contributed by atoms with van der Waals surface area (Å²) >= 11 is 0. The molecule has 0 aliphatic rings. The van der Waals surface area contributed by atoms with Gasteiger partial charge in [0.25, 0.3) is 0 Å². The van der Waals surface area contributed by atoms with Gasteiger partial charge in [-0.1, -0.05) is 0 Å². The van der Waals surface area contributed by atoms with E-state index >= 15 is 0 Å². The summed E-state index contributed by atoms with van der Waals surface area (Å²) in [6, 6.07) is 1.27. The molecule has 1 aromatic carbocycles. The second kappa shape index (κ2) is 8.78. The molecule has 0 saturated heterocycles. The minimum Gasteiger partial charge on any atom is -0.389 e. The Kier molecular flexibility index (Phi) is 7.35. The molecule has 0 heterocycles. The van der Waals surface area contributed by atoms with Crippen molar-refractivity contribution >= 4 is 5.69 Å². The Morgan fingerprint density at radius 3 is 2.60 bits per heavy atom. The van der Waals surface area contributed by atoms with Crippen LogP contribution >= 0.6 is 0 Å². The third-order valence-electron chi connectivity index (χ3n) is 2.41. The molecule has 1 atom stereocenters. The molecular formula is C13H18F3NO3. The van der Waals surface area contributed by atoms with E-state index in [0.29, 0.717) is 25.9 Å². The van der Waals surface area contributed by atoms with Crippen molar-refractivity contribution in [2.45, 2.75) is 13.0 Å². The molecule has 1 unspecified atom stereocenters. The smallest absolute Gasteiger partial charge is 0.182 e. The number of hydrogen-bond acceptors (Lipinski definition) is 4. The second-order valence-corrected chi connectivity index (χ2v) is 4.06. The molecule has 0 fully saturated rings. The zero-order valence-corrected chi connectivity index (χ0v) is 11.2. The predicted octanol–water partition coefficient (Wildman–Crippen LogP) is 1.93. The van der Waals surface area contributed by atoms with Crippen LogP contribution in [0.15, 0.2) is 12.1 Å². The summed E-state index contributed by atoms with van der Waals surface area (Å²) < 4.78 is 49.3. The number of benzene rings is 1. The summed E-state index contributed by atoms with van der Waals surface area (Å²) in [4.78, 5) is 0. The Balaban J connectivity index is 2.32. The lowest BCUT2D eigenvalue weighted by atomic mass is 10.2. The number of halogens is 3. The second-order valence-electron chi connectivity index (χ2n) is 4.06. The summed E-state index contributed by atoms with van der Waals surface area (Å²) in [7, 11) is 0. The third-order valence-corrected chi connectivity index (χ3v) is 2.41. The van der Waals surface area contributed by atoms with Gasteiger partial charge in [0.15, 0.2) is 11.6 Å². The van der Waals surface area contributed by atoms with Crippen LogP contribution in [0.25, 0.3) is 0 Å². The Morgan fingerprint density at radius 2 is 1.90 bits per heavy atom. The lowest BCUT2D eigenvalue weighted by Crippen LogP contribution is -2.26. The lowest BCUT2D eigenvalue weighted by Gasteiger charge is -2.14. The Labute approximate surface area is 115 Å². The molecule has 0 radical (unpaired) electrons. The highest BCUT2D eigenvalue weighted by Crippen LogP contribution is 2.18. The van der Waals surface area contributed by atoms with Gasteiger partial charge in [0.1, 0.15) is 5.82 Å². The number of aliphatic hydroxyl groups excluding tert-OH is 1. The van der Waals surface area contributed by atoms with Crippen LogP contribution in [0.5, 0.6) is 0 Å². The standard InChI is InChI=1S/C13H18F3NO3/c1-2-19-3-4-20-8-10(18)7-17-12-6-9(14)5-11(15)13(12)16/h5-6,10,17-18H,2-4,7-8H2,1H3. The number of ether oxygens (including phenoxy) is 2. The highest BCUT2D eigenvalue weighted by molar-refractivity contribution is 5.45. The van der Waals surface area contributed by atoms with E-state index in [2.05, 4.69) is 5.32 Å². The zero-order valence-electron chi connectivity index (χ0n) is 11.2. The number of aliphatic hydroxyl groups is 1. The van der Waals surface area contributed by atoms with E-state index in [1.807, 2.05) is 6.92 Å². The van der Waals surface area contributed by atoms with Crippen molar-refractivity contribution in [2.24, 2.45) is 0 Å². The fraction of sp³-hybridized carbons (Fsp3) is 0.538. The monoisotopic (exact) mass is 293 g/mol. The molecule has 2 N–H and O–H groups in total. The van der Waals surface area contributed by atoms with Gasteiger partial charge in [-0.2, -0.15) is 0 Å². The SMILES string of the molecule is CCOCCOCC(O)CNc1cc(F)cc(F)c1F. The van der Waals surface area contributed by atoms with Crippen LogP contribution in [0.3, 0.4) is 0 Å². The average molecular weight is 293 g/mol. The maximum absolute atomic E-state index is 13.3. The molecule has 1 aromatic rings. The van der Waals surface area contributed by atoms with Crippen molar-refractivity contribution in [3.05, 3.63) is 29.6 Å². The van der Waals surface area contributed by atoms with Gasteiger partial charge < -0.3 is 19.9 Å². The molecule has 0 aromatic heterocycles. The van der Waals surface area contributed by atoms with Gasteiger partial charge in [-0.3, -0.25) is 0 Å².